The second-order valence-electron chi connectivity index (χ2n) is 5.19. The highest BCUT2D eigenvalue weighted by Gasteiger charge is 2.09. The van der Waals surface area contributed by atoms with Crippen LogP contribution in [0.5, 0.6) is 0 Å². The van der Waals surface area contributed by atoms with Crippen LogP contribution in [0.4, 0.5) is 5.69 Å². The van der Waals surface area contributed by atoms with Gasteiger partial charge >= 0.3 is 0 Å². The van der Waals surface area contributed by atoms with E-state index < -0.39 is 0 Å². The third-order valence-electron chi connectivity index (χ3n) is 3.50. The third kappa shape index (κ3) is 4.13. The minimum absolute atomic E-state index is 0.139. The zero-order chi connectivity index (χ0) is 17.6. The van der Waals surface area contributed by atoms with Crippen molar-refractivity contribution in [1.29, 1.82) is 0 Å². The zero-order valence-corrected chi connectivity index (χ0v) is 14.3. The highest BCUT2D eigenvalue weighted by molar-refractivity contribution is 8.00. The van der Waals surface area contributed by atoms with Crippen LogP contribution in [-0.2, 0) is 4.79 Å². The molecule has 0 saturated heterocycles. The number of amides is 2. The molecule has 126 valence electrons. The van der Waals surface area contributed by atoms with Crippen LogP contribution in [0.25, 0.3) is 10.9 Å². The number of hydrogen-bond donors (Lipinski definition) is 2. The van der Waals surface area contributed by atoms with Crippen molar-refractivity contribution >= 4 is 40.2 Å². The van der Waals surface area contributed by atoms with Gasteiger partial charge in [0.15, 0.2) is 0 Å². The van der Waals surface area contributed by atoms with E-state index >= 15 is 0 Å². The number of benzene rings is 2. The van der Waals surface area contributed by atoms with Gasteiger partial charge in [-0.3, -0.25) is 9.59 Å². The molecule has 0 aliphatic rings. The number of nitrogens with zero attached hydrogens (tertiary/aromatic N) is 2. The van der Waals surface area contributed by atoms with Crippen molar-refractivity contribution < 1.29 is 9.59 Å². The average molecular weight is 352 g/mol. The molecule has 0 atom stereocenters. The Morgan fingerprint density at radius 3 is 2.56 bits per heavy atom. The van der Waals surface area contributed by atoms with Crippen LogP contribution in [-0.4, -0.2) is 34.6 Å². The van der Waals surface area contributed by atoms with E-state index in [1.54, 1.807) is 31.3 Å². The van der Waals surface area contributed by atoms with E-state index in [-0.39, 0.29) is 17.6 Å². The first-order chi connectivity index (χ1) is 12.2. The minimum atomic E-state index is -0.163. The molecule has 2 N–H and O–H groups in total. The van der Waals surface area contributed by atoms with E-state index in [0.29, 0.717) is 11.3 Å². The molecule has 1 heterocycles. The first-order valence-corrected chi connectivity index (χ1v) is 8.60. The molecule has 7 heteroatoms. The molecule has 0 radical (unpaired) electrons. The van der Waals surface area contributed by atoms with E-state index in [4.69, 9.17) is 0 Å². The fourth-order valence-electron chi connectivity index (χ4n) is 2.28. The van der Waals surface area contributed by atoms with Gasteiger partial charge in [0.2, 0.25) is 5.91 Å². The van der Waals surface area contributed by atoms with Crippen molar-refractivity contribution in [1.82, 2.24) is 15.3 Å². The van der Waals surface area contributed by atoms with Crippen molar-refractivity contribution in [3.8, 4) is 0 Å². The van der Waals surface area contributed by atoms with E-state index in [1.165, 1.54) is 18.1 Å². The lowest BCUT2D eigenvalue weighted by Gasteiger charge is -2.07. The summed E-state index contributed by atoms with van der Waals surface area (Å²) in [4.78, 5) is 32.1. The van der Waals surface area contributed by atoms with Crippen LogP contribution >= 0.6 is 11.8 Å². The maximum atomic E-state index is 12.1. The Kier molecular flexibility index (Phi) is 5.25. The number of anilines is 1. The Morgan fingerprint density at radius 1 is 1.04 bits per heavy atom. The fourth-order valence-corrected chi connectivity index (χ4v) is 3.07. The van der Waals surface area contributed by atoms with Gasteiger partial charge < -0.3 is 10.6 Å². The summed E-state index contributed by atoms with van der Waals surface area (Å²) in [5.74, 6) is -0.0671. The summed E-state index contributed by atoms with van der Waals surface area (Å²) in [7, 11) is 1.58. The summed E-state index contributed by atoms with van der Waals surface area (Å²) in [6.07, 6.45) is 1.50. The summed E-state index contributed by atoms with van der Waals surface area (Å²) in [6.45, 7) is 0. The quantitative estimate of drug-likeness (QED) is 0.545. The molecular formula is C18H16N4O2S. The van der Waals surface area contributed by atoms with Crippen LogP contribution in [0, 0.1) is 0 Å². The molecule has 1 aromatic heterocycles. The smallest absolute Gasteiger partial charge is 0.251 e. The zero-order valence-electron chi connectivity index (χ0n) is 13.5. The normalized spacial score (nSPS) is 10.4. The molecule has 3 aromatic rings. The van der Waals surface area contributed by atoms with Gasteiger partial charge in [-0.15, -0.1) is 0 Å². The number of para-hydroxylation sites is 1. The Balaban J connectivity index is 1.62. The molecule has 2 aromatic carbocycles. The highest BCUT2D eigenvalue weighted by atomic mass is 32.2. The van der Waals surface area contributed by atoms with E-state index in [1.807, 2.05) is 24.3 Å². The number of hydrogen-bond acceptors (Lipinski definition) is 5. The standard InChI is InChI=1S/C18H16N4O2S/c1-19-17(24)12-6-8-13(9-7-12)22-16(23)10-25-18-14-4-2-3-5-15(14)20-11-21-18/h2-9,11H,10H2,1H3,(H,19,24)(H,22,23). The second-order valence-corrected chi connectivity index (χ2v) is 6.15. The van der Waals surface area contributed by atoms with E-state index in [9.17, 15) is 9.59 Å². The van der Waals surface area contributed by atoms with Gasteiger partial charge in [0.25, 0.3) is 5.91 Å². The summed E-state index contributed by atoms with van der Waals surface area (Å²) >= 11 is 1.36. The Labute approximate surface area is 149 Å². The number of fused-ring (bicyclic) bond motifs is 1. The summed E-state index contributed by atoms with van der Waals surface area (Å²) in [6, 6.07) is 14.4. The molecule has 0 fully saturated rings. The van der Waals surface area contributed by atoms with Crippen LogP contribution < -0.4 is 10.6 Å². The molecule has 3 rings (SSSR count). The Hall–Kier alpha value is -2.93. The second kappa shape index (κ2) is 7.76. The van der Waals surface area contributed by atoms with E-state index in [2.05, 4.69) is 20.6 Å². The molecule has 0 aliphatic carbocycles. The monoisotopic (exact) mass is 352 g/mol. The van der Waals surface area contributed by atoms with Crippen LogP contribution in [0.15, 0.2) is 59.9 Å². The number of carbonyl (C=O) groups excluding carboxylic acids is 2. The van der Waals surface area contributed by atoms with Gasteiger partial charge in [0.1, 0.15) is 11.4 Å². The fraction of sp³-hybridized carbons (Fsp3) is 0.111. The van der Waals surface area contributed by atoms with Crippen molar-refractivity contribution in [2.75, 3.05) is 18.1 Å². The number of aromatic nitrogens is 2. The number of thioether (sulfide) groups is 1. The average Bonchev–Trinajstić information content (AvgIpc) is 2.66. The van der Waals surface area contributed by atoms with Crippen LogP contribution in [0.2, 0.25) is 0 Å². The molecule has 2 amide bonds. The maximum Gasteiger partial charge on any atom is 0.251 e. The van der Waals surface area contributed by atoms with Gasteiger partial charge in [0.05, 0.1) is 11.3 Å². The lowest BCUT2D eigenvalue weighted by atomic mass is 10.2. The molecule has 25 heavy (non-hydrogen) atoms. The van der Waals surface area contributed by atoms with Gasteiger partial charge in [-0.2, -0.15) is 0 Å². The van der Waals surface area contributed by atoms with Gasteiger partial charge in [0, 0.05) is 23.7 Å². The van der Waals surface area contributed by atoms with Crippen LogP contribution in [0.3, 0.4) is 0 Å². The van der Waals surface area contributed by atoms with Gasteiger partial charge in [-0.1, -0.05) is 30.0 Å². The summed E-state index contributed by atoms with van der Waals surface area (Å²) < 4.78 is 0. The molecule has 0 spiro atoms. The lowest BCUT2D eigenvalue weighted by Crippen LogP contribution is -2.18. The Bertz CT molecular complexity index is 907. The largest absolute Gasteiger partial charge is 0.355 e. The molecule has 6 nitrogen and oxygen atoms in total. The SMILES string of the molecule is CNC(=O)c1ccc(NC(=O)CSc2ncnc3ccccc23)cc1. The summed E-state index contributed by atoms with van der Waals surface area (Å²) in [5, 5.41) is 7.06. The van der Waals surface area contributed by atoms with Crippen molar-refractivity contribution in [2.45, 2.75) is 5.03 Å². The summed E-state index contributed by atoms with van der Waals surface area (Å²) in [5.41, 5.74) is 2.04. The first kappa shape index (κ1) is 16.9. The number of nitrogens with one attached hydrogen (secondary N) is 2. The molecular weight excluding hydrogens is 336 g/mol. The molecule has 0 aliphatic heterocycles. The van der Waals surface area contributed by atoms with Crippen LogP contribution in [0.1, 0.15) is 10.4 Å². The molecule has 0 bridgehead atoms. The predicted molar refractivity (Wildman–Crippen MR) is 98.7 cm³/mol. The number of rotatable bonds is 5. The molecule has 0 saturated carbocycles. The first-order valence-electron chi connectivity index (χ1n) is 7.62. The minimum Gasteiger partial charge on any atom is -0.355 e. The highest BCUT2D eigenvalue weighted by Crippen LogP contribution is 2.24. The lowest BCUT2D eigenvalue weighted by molar-refractivity contribution is -0.113. The predicted octanol–water partition coefficient (Wildman–Crippen LogP) is 2.72. The van der Waals surface area contributed by atoms with Gasteiger partial charge in [-0.25, -0.2) is 9.97 Å². The third-order valence-corrected chi connectivity index (χ3v) is 4.51. The van der Waals surface area contributed by atoms with Gasteiger partial charge in [-0.05, 0) is 30.3 Å². The topological polar surface area (TPSA) is 84.0 Å². The molecule has 0 unspecified atom stereocenters. The maximum absolute atomic E-state index is 12.1. The Morgan fingerprint density at radius 2 is 1.80 bits per heavy atom. The van der Waals surface area contributed by atoms with E-state index in [0.717, 1.165) is 15.9 Å². The number of carbonyl (C=O) groups is 2. The van der Waals surface area contributed by atoms with Crippen molar-refractivity contribution in [2.24, 2.45) is 0 Å². The van der Waals surface area contributed by atoms with Crippen molar-refractivity contribution in [3.63, 3.8) is 0 Å². The van der Waals surface area contributed by atoms with Crippen molar-refractivity contribution in [3.05, 3.63) is 60.4 Å².